The fraction of sp³-hybridized carbons (Fsp3) is 0.528. The minimum atomic E-state index is -1.47. The van der Waals surface area contributed by atoms with E-state index in [-0.39, 0.29) is 13.2 Å². The molecular formula is C36H44N2O14. The van der Waals surface area contributed by atoms with E-state index in [0.29, 0.717) is 5.56 Å². The summed E-state index contributed by atoms with van der Waals surface area (Å²) >= 11 is 0. The van der Waals surface area contributed by atoms with Gasteiger partial charge in [0.2, 0.25) is 11.8 Å². The monoisotopic (exact) mass is 728 g/mol. The van der Waals surface area contributed by atoms with Crippen LogP contribution in [0.5, 0.6) is 0 Å². The second kappa shape index (κ2) is 17.9. The highest BCUT2D eigenvalue weighted by Crippen LogP contribution is 2.38. The molecule has 2 N–H and O–H groups in total. The number of amides is 2. The third kappa shape index (κ3) is 10.1. The Morgan fingerprint density at radius 1 is 0.692 bits per heavy atom. The largest absolute Gasteiger partial charge is 0.463 e. The van der Waals surface area contributed by atoms with Gasteiger partial charge >= 0.3 is 17.9 Å². The quantitative estimate of drug-likeness (QED) is 0.237. The van der Waals surface area contributed by atoms with E-state index in [1.54, 1.807) is 0 Å². The molecule has 11 atom stereocenters. The summed E-state index contributed by atoms with van der Waals surface area (Å²) in [5.74, 6) is -3.17. The van der Waals surface area contributed by atoms with Gasteiger partial charge < -0.3 is 53.3 Å². The van der Waals surface area contributed by atoms with Crippen LogP contribution in [0.25, 0.3) is 0 Å². The number of hydrogen-bond acceptors (Lipinski definition) is 14. The van der Waals surface area contributed by atoms with Gasteiger partial charge in [0.25, 0.3) is 0 Å². The van der Waals surface area contributed by atoms with Gasteiger partial charge in [-0.3, -0.25) is 24.0 Å². The van der Waals surface area contributed by atoms with Crippen LogP contribution in [-0.4, -0.2) is 104 Å². The van der Waals surface area contributed by atoms with E-state index in [2.05, 4.69) is 10.6 Å². The van der Waals surface area contributed by atoms with E-state index >= 15 is 0 Å². The normalized spacial score (nSPS) is 31.3. The Bertz CT molecular complexity index is 1540. The maximum absolute atomic E-state index is 12.8. The highest BCUT2D eigenvalue weighted by Gasteiger charge is 2.56. The highest BCUT2D eigenvalue weighted by molar-refractivity contribution is 5.74. The Morgan fingerprint density at radius 3 is 1.88 bits per heavy atom. The van der Waals surface area contributed by atoms with Crippen molar-refractivity contribution >= 4 is 29.7 Å². The summed E-state index contributed by atoms with van der Waals surface area (Å²) in [4.78, 5) is 62.0. The van der Waals surface area contributed by atoms with Crippen LogP contribution >= 0.6 is 0 Å². The van der Waals surface area contributed by atoms with Crippen molar-refractivity contribution in [3.8, 4) is 0 Å². The third-order valence-electron chi connectivity index (χ3n) is 8.40. The van der Waals surface area contributed by atoms with Gasteiger partial charge in [-0.15, -0.1) is 0 Å². The number of ether oxygens (including phenoxy) is 9. The van der Waals surface area contributed by atoms with Crippen molar-refractivity contribution in [2.45, 2.75) is 109 Å². The van der Waals surface area contributed by atoms with Crippen molar-refractivity contribution < 1.29 is 66.6 Å². The first kappa shape index (κ1) is 38.8. The zero-order valence-corrected chi connectivity index (χ0v) is 29.5. The molecule has 2 amide bonds. The summed E-state index contributed by atoms with van der Waals surface area (Å²) in [6.07, 6.45) is -10.2. The summed E-state index contributed by atoms with van der Waals surface area (Å²) in [5.41, 5.74) is 1.55. The number of carbonyl (C=O) groups is 5. The number of rotatable bonds is 12. The third-order valence-corrected chi connectivity index (χ3v) is 8.40. The molecule has 2 aromatic carbocycles. The Labute approximate surface area is 300 Å². The molecule has 3 fully saturated rings. The second-order valence-corrected chi connectivity index (χ2v) is 12.6. The zero-order chi connectivity index (χ0) is 37.4. The zero-order valence-electron chi connectivity index (χ0n) is 29.5. The molecule has 5 rings (SSSR count). The van der Waals surface area contributed by atoms with Crippen LogP contribution < -0.4 is 10.6 Å². The molecule has 0 aromatic heterocycles. The van der Waals surface area contributed by atoms with Crippen LogP contribution in [-0.2, 0) is 73.2 Å². The average Bonchev–Trinajstić information content (AvgIpc) is 3.10. The molecule has 0 radical (unpaired) electrons. The lowest BCUT2D eigenvalue weighted by atomic mass is 9.93. The van der Waals surface area contributed by atoms with Gasteiger partial charge in [0.05, 0.1) is 13.2 Å². The molecule has 0 spiro atoms. The molecule has 16 heteroatoms. The number of esters is 3. The fourth-order valence-electron chi connectivity index (χ4n) is 6.36. The Hall–Kier alpha value is -4.45. The minimum Gasteiger partial charge on any atom is -0.463 e. The molecule has 0 bridgehead atoms. The average molecular weight is 729 g/mol. The standard InChI is InChI=1S/C36H44N2O14/c1-19(39)37-28-33(52-36-29(38-20(2)40)32(48-23(5)43)30(47-22(4)42)26(50-36)17-44-21(3)41)31-27(18-46-34(51-31)25-14-10-7-11-15-25)49-35(28)45-16-24-12-8-6-9-13-24/h6-15,26-36H,16-18H2,1-5H3,(H,37,39)(H,38,40)/t26-,27-,28-,29-,30-,31-,32-,33-,34-,35-,36+/m1/s1. The lowest BCUT2D eigenvalue weighted by Gasteiger charge is -2.51. The van der Waals surface area contributed by atoms with Crippen LogP contribution in [0.2, 0.25) is 0 Å². The summed E-state index contributed by atoms with van der Waals surface area (Å²) in [5, 5.41) is 5.58. The fourth-order valence-corrected chi connectivity index (χ4v) is 6.36. The Kier molecular flexibility index (Phi) is 13.3. The van der Waals surface area contributed by atoms with E-state index < -0.39 is 104 Å². The molecule has 3 aliphatic rings. The number of carbonyl (C=O) groups excluding carboxylic acids is 5. The van der Waals surface area contributed by atoms with E-state index in [1.165, 1.54) is 20.8 Å². The van der Waals surface area contributed by atoms with Gasteiger partial charge in [0.1, 0.15) is 43.1 Å². The second-order valence-electron chi connectivity index (χ2n) is 12.6. The van der Waals surface area contributed by atoms with Crippen molar-refractivity contribution in [3.05, 3.63) is 71.8 Å². The highest BCUT2D eigenvalue weighted by atomic mass is 16.8. The molecule has 16 nitrogen and oxygen atoms in total. The molecule has 3 saturated heterocycles. The smallest absolute Gasteiger partial charge is 0.303 e. The van der Waals surface area contributed by atoms with E-state index in [1.807, 2.05) is 60.7 Å². The van der Waals surface area contributed by atoms with Crippen molar-refractivity contribution in [2.24, 2.45) is 0 Å². The van der Waals surface area contributed by atoms with Gasteiger partial charge in [-0.05, 0) is 5.56 Å². The van der Waals surface area contributed by atoms with Crippen LogP contribution in [0.3, 0.4) is 0 Å². The number of benzene rings is 2. The summed E-state index contributed by atoms with van der Waals surface area (Å²) in [6.45, 7) is 5.75. The number of nitrogens with one attached hydrogen (secondary N) is 2. The van der Waals surface area contributed by atoms with Gasteiger partial charge in [0, 0.05) is 40.2 Å². The van der Waals surface area contributed by atoms with Crippen molar-refractivity contribution in [2.75, 3.05) is 13.2 Å². The first-order valence-electron chi connectivity index (χ1n) is 16.9. The van der Waals surface area contributed by atoms with Crippen molar-refractivity contribution in [1.82, 2.24) is 10.6 Å². The molecule has 0 aliphatic carbocycles. The van der Waals surface area contributed by atoms with E-state index in [9.17, 15) is 24.0 Å². The first-order chi connectivity index (χ1) is 24.9. The van der Waals surface area contributed by atoms with E-state index in [4.69, 9.17) is 42.6 Å². The number of hydrogen-bond donors (Lipinski definition) is 2. The first-order valence-corrected chi connectivity index (χ1v) is 16.9. The van der Waals surface area contributed by atoms with Gasteiger partial charge in [-0.2, -0.15) is 0 Å². The van der Waals surface area contributed by atoms with Crippen LogP contribution in [0.4, 0.5) is 0 Å². The molecule has 0 unspecified atom stereocenters. The van der Waals surface area contributed by atoms with Gasteiger partial charge in [-0.25, -0.2) is 0 Å². The van der Waals surface area contributed by atoms with Gasteiger partial charge in [-0.1, -0.05) is 60.7 Å². The molecule has 3 heterocycles. The van der Waals surface area contributed by atoms with Crippen molar-refractivity contribution in [1.29, 1.82) is 0 Å². The van der Waals surface area contributed by atoms with Crippen LogP contribution in [0, 0.1) is 0 Å². The maximum Gasteiger partial charge on any atom is 0.303 e. The SMILES string of the molecule is CC(=O)N[C@H]1[C@H](O[C@@H]2[C@@H](NC(C)=O)[C@H](OCc3ccccc3)O[C@@H]3CO[C@@H](c4ccccc4)O[C@@H]23)O[C@H](COC(C)=O)[C@@H](OC(C)=O)[C@@H]1OC(C)=O. The molecule has 3 aliphatic heterocycles. The Morgan fingerprint density at radius 2 is 1.29 bits per heavy atom. The van der Waals surface area contributed by atoms with E-state index in [0.717, 1.165) is 19.4 Å². The van der Waals surface area contributed by atoms with Gasteiger partial charge in [0.15, 0.2) is 31.1 Å². The van der Waals surface area contributed by atoms with Crippen molar-refractivity contribution in [3.63, 3.8) is 0 Å². The maximum atomic E-state index is 12.8. The molecule has 282 valence electrons. The summed E-state index contributed by atoms with van der Waals surface area (Å²) in [6, 6.07) is 16.2. The molecule has 52 heavy (non-hydrogen) atoms. The minimum absolute atomic E-state index is 0.0440. The molecular weight excluding hydrogens is 684 g/mol. The molecule has 2 aromatic rings. The number of fused-ring (bicyclic) bond motifs is 1. The Balaban J connectivity index is 1.55. The predicted octanol–water partition coefficient (Wildman–Crippen LogP) is 1.59. The topological polar surface area (TPSA) is 192 Å². The summed E-state index contributed by atoms with van der Waals surface area (Å²) in [7, 11) is 0. The van der Waals surface area contributed by atoms with Crippen LogP contribution in [0.15, 0.2) is 60.7 Å². The summed E-state index contributed by atoms with van der Waals surface area (Å²) < 4.78 is 54.7. The lowest BCUT2D eigenvalue weighted by Crippen LogP contribution is -2.71. The lowest BCUT2D eigenvalue weighted by molar-refractivity contribution is -0.372. The molecule has 0 saturated carbocycles. The predicted molar refractivity (Wildman–Crippen MR) is 176 cm³/mol. The van der Waals surface area contributed by atoms with Crippen LogP contribution in [0.1, 0.15) is 52.0 Å².